The summed E-state index contributed by atoms with van der Waals surface area (Å²) in [5.41, 5.74) is -0.00474. The van der Waals surface area contributed by atoms with Gasteiger partial charge >= 0.3 is 6.18 Å². The molecule has 0 aliphatic carbocycles. The van der Waals surface area contributed by atoms with Crippen LogP contribution >= 0.6 is 0 Å². The molecule has 0 aliphatic rings. The number of alkyl halides is 3. The molecular weight excluding hydrogens is 245 g/mol. The fourth-order valence-corrected chi connectivity index (χ4v) is 1.50. The lowest BCUT2D eigenvalue weighted by molar-refractivity contribution is -0.141. The Morgan fingerprint density at radius 3 is 2.72 bits per heavy atom. The van der Waals surface area contributed by atoms with Gasteiger partial charge in [0.1, 0.15) is 0 Å². The van der Waals surface area contributed by atoms with E-state index in [1.165, 1.54) is 12.4 Å². The predicted octanol–water partition coefficient (Wildman–Crippen LogP) is 2.01. The molecule has 4 nitrogen and oxygen atoms in total. The zero-order valence-corrected chi connectivity index (χ0v) is 9.57. The van der Waals surface area contributed by atoms with Crippen molar-refractivity contribution in [1.82, 2.24) is 20.1 Å². The summed E-state index contributed by atoms with van der Waals surface area (Å²) in [6.07, 6.45) is -1.65. The number of pyridine rings is 1. The molecule has 0 saturated carbocycles. The molecule has 7 heteroatoms. The smallest absolute Gasteiger partial charge is 0.316 e. The van der Waals surface area contributed by atoms with Crippen LogP contribution in [-0.2, 0) is 12.7 Å². The zero-order chi connectivity index (χ0) is 13.2. The monoisotopic (exact) mass is 256 g/mol. The van der Waals surface area contributed by atoms with Crippen molar-refractivity contribution in [2.24, 2.45) is 0 Å². The first-order valence-corrected chi connectivity index (χ1v) is 5.23. The van der Waals surface area contributed by atoms with Crippen molar-refractivity contribution in [3.63, 3.8) is 0 Å². The van der Waals surface area contributed by atoms with E-state index >= 15 is 0 Å². The standard InChI is InChI=1S/C11H11F3N4/c1-15-7-8-2-4-16-10(6-8)18-5-3-9(17-18)11(12,13)14/h2-6,15H,7H2,1H3. The molecular formula is C11H11F3N4. The molecule has 0 aliphatic heterocycles. The van der Waals surface area contributed by atoms with Crippen molar-refractivity contribution in [3.8, 4) is 5.82 Å². The first kappa shape index (κ1) is 12.6. The van der Waals surface area contributed by atoms with Gasteiger partial charge in [0.15, 0.2) is 11.5 Å². The Morgan fingerprint density at radius 1 is 1.33 bits per heavy atom. The zero-order valence-electron chi connectivity index (χ0n) is 9.57. The molecule has 0 amide bonds. The first-order valence-electron chi connectivity index (χ1n) is 5.23. The molecule has 0 saturated heterocycles. The van der Waals surface area contributed by atoms with Gasteiger partial charge in [-0.1, -0.05) is 0 Å². The van der Waals surface area contributed by atoms with Gasteiger partial charge in [0.2, 0.25) is 0 Å². The third-order valence-corrected chi connectivity index (χ3v) is 2.31. The molecule has 18 heavy (non-hydrogen) atoms. The largest absolute Gasteiger partial charge is 0.435 e. The van der Waals surface area contributed by atoms with E-state index in [0.29, 0.717) is 12.4 Å². The Labute approximate surface area is 101 Å². The Balaban J connectivity index is 2.31. The van der Waals surface area contributed by atoms with Crippen LogP contribution in [-0.4, -0.2) is 21.8 Å². The van der Waals surface area contributed by atoms with Gasteiger partial charge in [-0.15, -0.1) is 0 Å². The normalized spacial score (nSPS) is 11.8. The molecule has 0 bridgehead atoms. The molecule has 2 aromatic heterocycles. The maximum absolute atomic E-state index is 12.4. The van der Waals surface area contributed by atoms with Gasteiger partial charge in [0, 0.05) is 18.9 Å². The predicted molar refractivity (Wildman–Crippen MR) is 59.1 cm³/mol. The van der Waals surface area contributed by atoms with Crippen molar-refractivity contribution in [1.29, 1.82) is 0 Å². The van der Waals surface area contributed by atoms with E-state index in [2.05, 4.69) is 15.4 Å². The van der Waals surface area contributed by atoms with Gasteiger partial charge in [-0.2, -0.15) is 18.3 Å². The maximum atomic E-state index is 12.4. The van der Waals surface area contributed by atoms with E-state index in [1.54, 1.807) is 19.2 Å². The van der Waals surface area contributed by atoms with E-state index in [9.17, 15) is 13.2 Å². The summed E-state index contributed by atoms with van der Waals surface area (Å²) >= 11 is 0. The first-order chi connectivity index (χ1) is 8.50. The minimum Gasteiger partial charge on any atom is -0.316 e. The van der Waals surface area contributed by atoms with Gasteiger partial charge in [-0.05, 0) is 30.8 Å². The summed E-state index contributed by atoms with van der Waals surface area (Å²) < 4.78 is 38.3. The number of aromatic nitrogens is 3. The summed E-state index contributed by atoms with van der Waals surface area (Å²) in [5.74, 6) is 0.359. The Bertz CT molecular complexity index is 533. The highest BCUT2D eigenvalue weighted by atomic mass is 19.4. The number of rotatable bonds is 3. The van der Waals surface area contributed by atoms with Crippen molar-refractivity contribution in [2.45, 2.75) is 12.7 Å². The maximum Gasteiger partial charge on any atom is 0.435 e. The summed E-state index contributed by atoms with van der Waals surface area (Å²) in [6, 6.07) is 4.39. The van der Waals surface area contributed by atoms with Crippen molar-refractivity contribution in [2.75, 3.05) is 7.05 Å². The highest BCUT2D eigenvalue weighted by Gasteiger charge is 2.33. The lowest BCUT2D eigenvalue weighted by Gasteiger charge is -2.04. The SMILES string of the molecule is CNCc1ccnc(-n2ccc(C(F)(F)F)n2)c1. The van der Waals surface area contributed by atoms with E-state index in [-0.39, 0.29) is 0 Å². The minimum atomic E-state index is -4.44. The van der Waals surface area contributed by atoms with E-state index in [0.717, 1.165) is 16.3 Å². The average Bonchev–Trinajstić information content (AvgIpc) is 2.78. The molecule has 0 radical (unpaired) electrons. The van der Waals surface area contributed by atoms with Gasteiger partial charge in [0.05, 0.1) is 0 Å². The highest BCUT2D eigenvalue weighted by Crippen LogP contribution is 2.27. The van der Waals surface area contributed by atoms with Crippen LogP contribution < -0.4 is 5.32 Å². The molecule has 0 unspecified atom stereocenters. The van der Waals surface area contributed by atoms with Crippen molar-refractivity contribution in [3.05, 3.63) is 41.9 Å². The van der Waals surface area contributed by atoms with Crippen LogP contribution in [0.4, 0.5) is 13.2 Å². The lowest BCUT2D eigenvalue weighted by Crippen LogP contribution is -2.09. The summed E-state index contributed by atoms with van der Waals surface area (Å²) in [6.45, 7) is 0.614. The quantitative estimate of drug-likeness (QED) is 0.913. The Hall–Kier alpha value is -1.89. The molecule has 96 valence electrons. The van der Waals surface area contributed by atoms with E-state index in [4.69, 9.17) is 0 Å². The molecule has 0 fully saturated rings. The molecule has 0 aromatic carbocycles. The fourth-order valence-electron chi connectivity index (χ4n) is 1.50. The van der Waals surface area contributed by atoms with Crippen LogP contribution in [0.5, 0.6) is 0 Å². The number of nitrogens with one attached hydrogen (secondary N) is 1. The second kappa shape index (κ2) is 4.77. The van der Waals surface area contributed by atoms with Crippen LogP contribution in [0.1, 0.15) is 11.3 Å². The van der Waals surface area contributed by atoms with Crippen LogP contribution in [0, 0.1) is 0 Å². The molecule has 2 rings (SSSR count). The molecule has 1 N–H and O–H groups in total. The number of hydrogen-bond acceptors (Lipinski definition) is 3. The minimum absolute atomic E-state index is 0.359. The lowest BCUT2D eigenvalue weighted by atomic mass is 10.2. The highest BCUT2D eigenvalue weighted by molar-refractivity contribution is 5.27. The third-order valence-electron chi connectivity index (χ3n) is 2.31. The summed E-state index contributed by atoms with van der Waals surface area (Å²) in [4.78, 5) is 3.99. The molecule has 0 spiro atoms. The van der Waals surface area contributed by atoms with Crippen LogP contribution in [0.15, 0.2) is 30.6 Å². The second-order valence-electron chi connectivity index (χ2n) is 3.70. The van der Waals surface area contributed by atoms with Gasteiger partial charge in [0.25, 0.3) is 0 Å². The number of hydrogen-bond donors (Lipinski definition) is 1. The summed E-state index contributed by atoms with van der Waals surface area (Å²) in [7, 11) is 1.79. The Kier molecular flexibility index (Phi) is 3.33. The molecule has 2 heterocycles. The average molecular weight is 256 g/mol. The van der Waals surface area contributed by atoms with Crippen LogP contribution in [0.2, 0.25) is 0 Å². The topological polar surface area (TPSA) is 42.7 Å². The van der Waals surface area contributed by atoms with E-state index < -0.39 is 11.9 Å². The van der Waals surface area contributed by atoms with Crippen molar-refractivity contribution < 1.29 is 13.2 Å². The summed E-state index contributed by atoms with van der Waals surface area (Å²) in [5, 5.41) is 6.42. The Morgan fingerprint density at radius 2 is 2.11 bits per heavy atom. The molecule has 0 atom stereocenters. The van der Waals surface area contributed by atoms with Gasteiger partial charge in [-0.25, -0.2) is 9.67 Å². The van der Waals surface area contributed by atoms with Gasteiger partial charge < -0.3 is 5.32 Å². The number of halogens is 3. The number of nitrogens with zero attached hydrogens (tertiary/aromatic N) is 3. The van der Waals surface area contributed by atoms with E-state index in [1.807, 2.05) is 0 Å². The van der Waals surface area contributed by atoms with Gasteiger partial charge in [-0.3, -0.25) is 0 Å². The second-order valence-corrected chi connectivity index (χ2v) is 3.70. The fraction of sp³-hybridized carbons (Fsp3) is 0.273. The molecule has 2 aromatic rings. The van der Waals surface area contributed by atoms with Crippen molar-refractivity contribution >= 4 is 0 Å². The third kappa shape index (κ3) is 2.67. The van der Waals surface area contributed by atoms with Crippen LogP contribution in [0.3, 0.4) is 0 Å². The van der Waals surface area contributed by atoms with Crippen LogP contribution in [0.25, 0.3) is 5.82 Å².